The molecule has 6 rings (SSSR count). The summed E-state index contributed by atoms with van der Waals surface area (Å²) >= 11 is 0. The number of aromatic nitrogens is 2. The van der Waals surface area contributed by atoms with E-state index in [4.69, 9.17) is 4.98 Å². The number of carbonyl (C=O) groups excluding carboxylic acids is 1. The molecule has 0 fully saturated rings. The van der Waals surface area contributed by atoms with E-state index in [1.807, 2.05) is 78.2 Å². The highest BCUT2D eigenvalue weighted by Gasteiger charge is 2.47. The fraction of sp³-hybridized carbons (Fsp3) is 0.175. The largest absolute Gasteiger partial charge is 0.481 e. The molecule has 0 saturated carbocycles. The predicted molar refractivity (Wildman–Crippen MR) is 183 cm³/mol. The molecule has 7 nitrogen and oxygen atoms in total. The van der Waals surface area contributed by atoms with Crippen LogP contribution in [-0.2, 0) is 15.9 Å². The predicted octanol–water partition coefficient (Wildman–Crippen LogP) is 6.97. The number of hydrogen-bond acceptors (Lipinski definition) is 4. The normalized spacial score (nSPS) is 13.5. The molecule has 0 aliphatic carbocycles. The summed E-state index contributed by atoms with van der Waals surface area (Å²) in [5, 5.41) is 27.6. The van der Waals surface area contributed by atoms with Crippen molar-refractivity contribution in [1.29, 1.82) is 0 Å². The van der Waals surface area contributed by atoms with E-state index >= 15 is 0 Å². The number of carboxylic acids is 1. The van der Waals surface area contributed by atoms with Gasteiger partial charge < -0.3 is 20.1 Å². The monoisotopic (exact) mass is 623 g/mol. The highest BCUT2D eigenvalue weighted by Crippen LogP contribution is 2.44. The number of hydrogen-bond donors (Lipinski definition) is 3. The highest BCUT2D eigenvalue weighted by molar-refractivity contribution is 5.98. The molecule has 1 amide bonds. The Hall–Kier alpha value is -5.53. The van der Waals surface area contributed by atoms with E-state index in [9.17, 15) is 19.8 Å². The van der Waals surface area contributed by atoms with Gasteiger partial charge in [-0.3, -0.25) is 9.59 Å². The van der Waals surface area contributed by atoms with Gasteiger partial charge in [0.25, 0.3) is 5.91 Å². The fourth-order valence-corrected chi connectivity index (χ4v) is 6.78. The van der Waals surface area contributed by atoms with Gasteiger partial charge in [-0.2, -0.15) is 0 Å². The first-order valence-corrected chi connectivity index (χ1v) is 15.8. The van der Waals surface area contributed by atoms with Crippen LogP contribution in [0.1, 0.15) is 58.1 Å². The van der Waals surface area contributed by atoms with Gasteiger partial charge in [-0.25, -0.2) is 4.98 Å². The lowest BCUT2D eigenvalue weighted by molar-refractivity contribution is -0.151. The molecule has 2 atom stereocenters. The van der Waals surface area contributed by atoms with Gasteiger partial charge in [0.05, 0.1) is 17.9 Å². The summed E-state index contributed by atoms with van der Waals surface area (Å²) < 4.78 is 1.98. The van der Waals surface area contributed by atoms with E-state index in [-0.39, 0.29) is 18.0 Å². The van der Waals surface area contributed by atoms with Crippen molar-refractivity contribution in [3.8, 4) is 0 Å². The lowest BCUT2D eigenvalue weighted by Gasteiger charge is -2.38. The van der Waals surface area contributed by atoms with Crippen LogP contribution < -0.4 is 5.32 Å². The van der Waals surface area contributed by atoms with E-state index in [0.29, 0.717) is 17.5 Å². The van der Waals surface area contributed by atoms with E-state index in [1.54, 1.807) is 43.8 Å². The lowest BCUT2D eigenvalue weighted by Crippen LogP contribution is -2.42. The minimum absolute atomic E-state index is 0.203. The van der Waals surface area contributed by atoms with Crippen LogP contribution in [0.15, 0.2) is 140 Å². The Labute approximate surface area is 274 Å². The van der Waals surface area contributed by atoms with Gasteiger partial charge in [-0.1, -0.05) is 123 Å². The van der Waals surface area contributed by atoms with E-state index in [0.717, 1.165) is 27.5 Å². The summed E-state index contributed by atoms with van der Waals surface area (Å²) in [6.45, 7) is 1.90. The third kappa shape index (κ3) is 5.49. The Morgan fingerprint density at radius 2 is 1.30 bits per heavy atom. The molecule has 47 heavy (non-hydrogen) atoms. The molecule has 0 aliphatic rings. The first-order chi connectivity index (χ1) is 22.8. The Kier molecular flexibility index (Phi) is 8.74. The summed E-state index contributed by atoms with van der Waals surface area (Å²) in [5.74, 6) is -2.50. The van der Waals surface area contributed by atoms with Crippen molar-refractivity contribution < 1.29 is 19.8 Å². The number of aliphatic carboxylic acids is 1. The summed E-state index contributed by atoms with van der Waals surface area (Å²) in [7, 11) is 1.58. The molecule has 0 radical (unpaired) electrons. The van der Waals surface area contributed by atoms with Gasteiger partial charge in [0.15, 0.2) is 0 Å². The molecule has 0 bridgehead atoms. The lowest BCUT2D eigenvalue weighted by atomic mass is 9.75. The molecule has 1 unspecified atom stereocenters. The molecular weight excluding hydrogens is 586 g/mol. The fourth-order valence-electron chi connectivity index (χ4n) is 6.78. The number of fused-ring (bicyclic) bond motifs is 1. The topological polar surface area (TPSA) is 104 Å². The zero-order valence-electron chi connectivity index (χ0n) is 26.4. The Morgan fingerprint density at radius 1 is 0.766 bits per heavy atom. The second-order valence-electron chi connectivity index (χ2n) is 11.8. The van der Waals surface area contributed by atoms with Crippen LogP contribution in [0.3, 0.4) is 0 Å². The third-order valence-electron chi connectivity index (χ3n) is 9.08. The Morgan fingerprint density at radius 3 is 1.81 bits per heavy atom. The zero-order chi connectivity index (χ0) is 33.0. The number of benzene rings is 5. The molecule has 5 aromatic carbocycles. The van der Waals surface area contributed by atoms with Crippen molar-refractivity contribution in [2.45, 2.75) is 30.9 Å². The maximum atomic E-state index is 12.9. The highest BCUT2D eigenvalue weighted by atomic mass is 16.4. The summed E-state index contributed by atoms with van der Waals surface area (Å²) in [6.07, 6.45) is 4.25. The van der Waals surface area contributed by atoms with Crippen LogP contribution in [0.5, 0.6) is 0 Å². The number of nitrogens with zero attached hydrogens (tertiary/aromatic N) is 2. The smallest absolute Gasteiger partial charge is 0.310 e. The molecule has 1 heterocycles. The average Bonchev–Trinajstić information content (AvgIpc) is 3.62. The first-order valence-electron chi connectivity index (χ1n) is 15.8. The van der Waals surface area contributed by atoms with Gasteiger partial charge in [0.1, 0.15) is 11.1 Å². The van der Waals surface area contributed by atoms with Crippen molar-refractivity contribution in [2.75, 3.05) is 7.05 Å². The van der Waals surface area contributed by atoms with Crippen LogP contribution in [-0.4, -0.2) is 38.7 Å². The van der Waals surface area contributed by atoms with Crippen LogP contribution in [0, 0.1) is 5.92 Å². The summed E-state index contributed by atoms with van der Waals surface area (Å²) in [6, 6.07) is 41.0. The molecule has 6 aromatic rings. The van der Waals surface area contributed by atoms with Gasteiger partial charge in [-0.15, -0.1) is 0 Å². The second kappa shape index (κ2) is 13.1. The number of carboxylic acid groups (broad SMARTS) is 1. The van der Waals surface area contributed by atoms with Crippen molar-refractivity contribution in [2.24, 2.45) is 5.92 Å². The quantitative estimate of drug-likeness (QED) is 0.135. The average molecular weight is 624 g/mol. The van der Waals surface area contributed by atoms with Crippen molar-refractivity contribution in [3.05, 3.63) is 173 Å². The van der Waals surface area contributed by atoms with E-state index in [2.05, 4.69) is 41.7 Å². The molecule has 0 saturated heterocycles. The van der Waals surface area contributed by atoms with Crippen molar-refractivity contribution >= 4 is 22.6 Å². The van der Waals surface area contributed by atoms with E-state index < -0.39 is 23.0 Å². The molecule has 7 heteroatoms. The molecular formula is C40H37N3O4. The number of carbonyl (C=O) groups is 2. The standard InChI is InChI=1S/C40H37N3O4/c1-3-13-35(38(45)46)40(47,34-23-22-28-24-30(37(44)41-2)21-20-29(28)25-34)36-26-43(27-42-36)39(31-14-7-4-8-15-31,32-16-9-5-10-17-32)33-18-11-6-12-19-33/h4-12,14-27,35,47H,3,13H2,1-2H3,(H,41,44)(H,45,46)/t35?,40-/m1/s1. The Bertz CT molecular complexity index is 1910. The number of amides is 1. The number of imidazole rings is 1. The minimum Gasteiger partial charge on any atom is -0.481 e. The number of nitrogens with one attached hydrogen (secondary N) is 1. The summed E-state index contributed by atoms with van der Waals surface area (Å²) in [5.41, 5.74) is 1.22. The number of aliphatic hydroxyl groups is 1. The molecule has 1 aromatic heterocycles. The van der Waals surface area contributed by atoms with Crippen LogP contribution in [0.4, 0.5) is 0 Å². The van der Waals surface area contributed by atoms with Gasteiger partial charge >= 0.3 is 5.97 Å². The maximum Gasteiger partial charge on any atom is 0.310 e. The van der Waals surface area contributed by atoms with Crippen LogP contribution in [0.25, 0.3) is 10.8 Å². The second-order valence-corrected chi connectivity index (χ2v) is 11.8. The van der Waals surface area contributed by atoms with Crippen LogP contribution >= 0.6 is 0 Å². The van der Waals surface area contributed by atoms with Gasteiger partial charge in [-0.05, 0) is 57.6 Å². The van der Waals surface area contributed by atoms with E-state index in [1.165, 1.54) is 0 Å². The maximum absolute atomic E-state index is 12.9. The van der Waals surface area contributed by atoms with Gasteiger partial charge in [0, 0.05) is 18.8 Å². The molecule has 236 valence electrons. The SMILES string of the molecule is CCCC(C(=O)O)[C@](O)(c1ccc2cc(C(=O)NC)ccc2c1)c1cn(C(c2ccccc2)(c2ccccc2)c2ccccc2)cn1. The molecule has 3 N–H and O–H groups in total. The Balaban J connectivity index is 1.60. The van der Waals surface area contributed by atoms with Gasteiger partial charge in [0.2, 0.25) is 0 Å². The summed E-state index contributed by atoms with van der Waals surface area (Å²) in [4.78, 5) is 30.0. The minimum atomic E-state index is -1.98. The first kappa shape index (κ1) is 31.5. The number of rotatable bonds is 11. The van der Waals surface area contributed by atoms with Crippen molar-refractivity contribution in [1.82, 2.24) is 14.9 Å². The molecule has 0 spiro atoms. The molecule has 0 aliphatic heterocycles. The third-order valence-corrected chi connectivity index (χ3v) is 9.08. The zero-order valence-corrected chi connectivity index (χ0v) is 26.4. The van der Waals surface area contributed by atoms with Crippen molar-refractivity contribution in [3.63, 3.8) is 0 Å². The van der Waals surface area contributed by atoms with Crippen LogP contribution in [0.2, 0.25) is 0 Å².